The fourth-order valence-electron chi connectivity index (χ4n) is 3.07. The highest BCUT2D eigenvalue weighted by Crippen LogP contribution is 2.15. The average molecular weight is 256 g/mol. The lowest BCUT2D eigenvalue weighted by atomic mass is 9.97. The maximum Gasteiger partial charge on any atom is 0.0169 e. The monoisotopic (exact) mass is 256 g/mol. The second-order valence-corrected chi connectivity index (χ2v) is 5.71. The van der Waals surface area contributed by atoms with Gasteiger partial charge in [0, 0.05) is 25.2 Å². The van der Waals surface area contributed by atoms with E-state index < -0.39 is 0 Å². The van der Waals surface area contributed by atoms with Crippen LogP contribution in [0.15, 0.2) is 0 Å². The van der Waals surface area contributed by atoms with Crippen LogP contribution in [-0.2, 0) is 0 Å². The summed E-state index contributed by atoms with van der Waals surface area (Å²) >= 11 is 0. The molecule has 2 aliphatic rings. The Morgan fingerprint density at radius 3 is 2.39 bits per heavy atom. The number of rotatable bonds is 2. The van der Waals surface area contributed by atoms with Crippen molar-refractivity contribution in [2.45, 2.75) is 45.2 Å². The van der Waals surface area contributed by atoms with E-state index in [1.807, 2.05) is 0 Å². The third kappa shape index (κ3) is 5.65. The van der Waals surface area contributed by atoms with Crippen LogP contribution >= 0.6 is 0 Å². The second-order valence-electron chi connectivity index (χ2n) is 5.71. The van der Waals surface area contributed by atoms with E-state index in [1.54, 1.807) is 0 Å². The summed E-state index contributed by atoms with van der Waals surface area (Å²) < 4.78 is 0. The van der Waals surface area contributed by atoms with Crippen molar-refractivity contribution in [3.63, 3.8) is 0 Å². The highest BCUT2D eigenvalue weighted by Gasteiger charge is 2.21. The van der Waals surface area contributed by atoms with Crippen molar-refractivity contribution in [1.82, 2.24) is 15.5 Å². The molecule has 2 rings (SSSR count). The van der Waals surface area contributed by atoms with E-state index in [1.165, 1.54) is 59.0 Å². The van der Waals surface area contributed by atoms with E-state index >= 15 is 0 Å². The second kappa shape index (κ2) is 8.86. The van der Waals surface area contributed by atoms with Gasteiger partial charge in [-0.25, -0.2) is 0 Å². The first-order chi connectivity index (χ1) is 8.74. The minimum Gasteiger partial charge on any atom is -0.333 e. The fraction of sp³-hybridized carbons (Fsp3) is 1.00. The number of nitrogens with zero attached hydrogens (tertiary/aromatic N) is 1. The normalized spacial score (nSPS) is 31.3. The molecule has 4 nitrogen and oxygen atoms in total. The van der Waals surface area contributed by atoms with Crippen molar-refractivity contribution < 1.29 is 0 Å². The lowest BCUT2D eigenvalue weighted by Crippen LogP contribution is -2.41. The number of hydrogen-bond donors (Lipinski definition) is 3. The first-order valence-electron chi connectivity index (χ1n) is 7.51. The molecule has 0 amide bonds. The molecular formula is C14H32N4. The minimum absolute atomic E-state index is 0.652. The third-order valence-electron chi connectivity index (χ3n) is 3.95. The molecule has 2 atom stereocenters. The summed E-state index contributed by atoms with van der Waals surface area (Å²) in [7, 11) is 1.50. The van der Waals surface area contributed by atoms with Gasteiger partial charge in [0.2, 0.25) is 0 Å². The molecule has 108 valence electrons. The minimum atomic E-state index is 0.652. The lowest BCUT2D eigenvalue weighted by Gasteiger charge is -2.30. The molecule has 2 unspecified atom stereocenters. The summed E-state index contributed by atoms with van der Waals surface area (Å²) in [6.07, 6.45) is 4.04. The van der Waals surface area contributed by atoms with Crippen LogP contribution in [0, 0.1) is 5.92 Å². The predicted molar refractivity (Wildman–Crippen MR) is 78.8 cm³/mol. The van der Waals surface area contributed by atoms with Crippen molar-refractivity contribution >= 4 is 0 Å². The van der Waals surface area contributed by atoms with Gasteiger partial charge in [-0.15, -0.1) is 0 Å². The third-order valence-corrected chi connectivity index (χ3v) is 3.95. The van der Waals surface area contributed by atoms with Gasteiger partial charge in [0.25, 0.3) is 0 Å². The molecule has 0 aromatic carbocycles. The maximum absolute atomic E-state index is 4.50. The van der Waals surface area contributed by atoms with Crippen LogP contribution in [0.25, 0.3) is 0 Å². The molecule has 0 radical (unpaired) electrons. The number of hydrogen-bond acceptors (Lipinski definition) is 4. The van der Waals surface area contributed by atoms with Crippen molar-refractivity contribution in [2.24, 2.45) is 11.7 Å². The van der Waals surface area contributed by atoms with Crippen molar-refractivity contribution in [1.29, 1.82) is 0 Å². The van der Waals surface area contributed by atoms with Crippen molar-refractivity contribution in [3.05, 3.63) is 0 Å². The number of nitrogens with two attached hydrogens (primary N) is 1. The lowest BCUT2D eigenvalue weighted by molar-refractivity contribution is 0.205. The van der Waals surface area contributed by atoms with Gasteiger partial charge >= 0.3 is 0 Å². The zero-order chi connectivity index (χ0) is 13.4. The van der Waals surface area contributed by atoms with Gasteiger partial charge < -0.3 is 21.3 Å². The van der Waals surface area contributed by atoms with Gasteiger partial charge in [-0.05, 0) is 65.7 Å². The Bertz CT molecular complexity index is 204. The van der Waals surface area contributed by atoms with Crippen LogP contribution in [-0.4, -0.2) is 56.8 Å². The number of nitrogens with one attached hydrogen (secondary N) is 2. The molecule has 2 heterocycles. The van der Waals surface area contributed by atoms with Crippen LogP contribution in [0.2, 0.25) is 0 Å². The van der Waals surface area contributed by atoms with Gasteiger partial charge in [-0.2, -0.15) is 0 Å². The highest BCUT2D eigenvalue weighted by molar-refractivity contribution is 4.80. The van der Waals surface area contributed by atoms with E-state index in [0.29, 0.717) is 12.1 Å². The van der Waals surface area contributed by atoms with Crippen LogP contribution < -0.4 is 16.4 Å². The van der Waals surface area contributed by atoms with Gasteiger partial charge in [-0.1, -0.05) is 0 Å². The Labute approximate surface area is 113 Å². The molecule has 18 heavy (non-hydrogen) atoms. The summed E-state index contributed by atoms with van der Waals surface area (Å²) in [4.78, 5) is 2.68. The summed E-state index contributed by atoms with van der Waals surface area (Å²) in [6.45, 7) is 10.9. The molecular weight excluding hydrogens is 224 g/mol. The molecule has 2 fully saturated rings. The number of piperidine rings is 1. The van der Waals surface area contributed by atoms with E-state index in [-0.39, 0.29) is 0 Å². The zero-order valence-corrected chi connectivity index (χ0v) is 12.4. The Hall–Kier alpha value is -0.160. The standard InChI is InChI=1S/C13H27N3.CH5N/c1-11-5-8-16(9-12(2)15-11)10-13-3-6-14-7-4-13;1-2/h11-15H,3-10H2,1-2H3;2H2,1H3. The van der Waals surface area contributed by atoms with E-state index in [4.69, 9.17) is 0 Å². The summed E-state index contributed by atoms with van der Waals surface area (Å²) in [6, 6.07) is 1.34. The van der Waals surface area contributed by atoms with Gasteiger partial charge in [0.05, 0.1) is 0 Å². The average Bonchev–Trinajstić information content (AvgIpc) is 2.54. The van der Waals surface area contributed by atoms with Gasteiger partial charge in [0.15, 0.2) is 0 Å². The maximum atomic E-state index is 4.50. The van der Waals surface area contributed by atoms with Gasteiger partial charge in [0.1, 0.15) is 0 Å². The Morgan fingerprint density at radius 2 is 1.72 bits per heavy atom. The topological polar surface area (TPSA) is 53.3 Å². The van der Waals surface area contributed by atoms with Gasteiger partial charge in [-0.3, -0.25) is 0 Å². The molecule has 0 bridgehead atoms. The van der Waals surface area contributed by atoms with Crippen LogP contribution in [0.1, 0.15) is 33.1 Å². The Kier molecular flexibility index (Phi) is 7.82. The van der Waals surface area contributed by atoms with E-state index in [0.717, 1.165) is 5.92 Å². The first kappa shape index (κ1) is 15.9. The molecule has 2 aliphatic heterocycles. The summed E-state index contributed by atoms with van der Waals surface area (Å²) in [5.74, 6) is 0.932. The molecule has 4 N–H and O–H groups in total. The molecule has 0 spiro atoms. The smallest absolute Gasteiger partial charge is 0.0169 e. The zero-order valence-electron chi connectivity index (χ0n) is 12.4. The Morgan fingerprint density at radius 1 is 1.06 bits per heavy atom. The largest absolute Gasteiger partial charge is 0.333 e. The molecule has 0 aliphatic carbocycles. The molecule has 0 aromatic heterocycles. The highest BCUT2D eigenvalue weighted by atomic mass is 15.2. The SMILES string of the molecule is CC1CCN(CC2CCNCC2)CC(C)N1.CN. The quantitative estimate of drug-likeness (QED) is 0.678. The van der Waals surface area contributed by atoms with Crippen LogP contribution in [0.3, 0.4) is 0 Å². The molecule has 4 heteroatoms. The summed E-state index contributed by atoms with van der Waals surface area (Å²) in [5.41, 5.74) is 4.50. The van der Waals surface area contributed by atoms with Crippen molar-refractivity contribution in [2.75, 3.05) is 39.8 Å². The van der Waals surface area contributed by atoms with E-state index in [9.17, 15) is 0 Å². The van der Waals surface area contributed by atoms with E-state index in [2.05, 4.69) is 35.1 Å². The van der Waals surface area contributed by atoms with Crippen LogP contribution in [0.4, 0.5) is 0 Å². The Balaban J connectivity index is 0.000000771. The van der Waals surface area contributed by atoms with Crippen LogP contribution in [0.5, 0.6) is 0 Å². The molecule has 0 saturated carbocycles. The first-order valence-corrected chi connectivity index (χ1v) is 7.51. The predicted octanol–water partition coefficient (Wildman–Crippen LogP) is 0.633. The molecule has 2 saturated heterocycles. The molecule has 0 aromatic rings. The summed E-state index contributed by atoms with van der Waals surface area (Å²) in [5, 5.41) is 7.10. The fourth-order valence-corrected chi connectivity index (χ4v) is 3.07. The van der Waals surface area contributed by atoms with Crippen molar-refractivity contribution in [3.8, 4) is 0 Å².